The van der Waals surface area contributed by atoms with E-state index in [9.17, 15) is 14.0 Å². The Hall–Kier alpha value is -3.04. The fourth-order valence-electron chi connectivity index (χ4n) is 4.19. The third-order valence-electron chi connectivity index (χ3n) is 5.89. The molecule has 1 aliphatic heterocycles. The van der Waals surface area contributed by atoms with E-state index < -0.39 is 0 Å². The van der Waals surface area contributed by atoms with Gasteiger partial charge in [0.15, 0.2) is 0 Å². The zero-order valence-corrected chi connectivity index (χ0v) is 19.5. The number of carbonyl (C=O) groups excluding carboxylic acids is 1. The number of aromatic nitrogens is 2. The maximum atomic E-state index is 13.4. The third-order valence-corrected chi connectivity index (χ3v) is 7.66. The SMILES string of the molecule is O=C(NCc1cccs1)[C@H]1CCCN(c2nc3ccsc3c(=O)n2Cc2ccc(F)cc2)C1. The first-order valence-corrected chi connectivity index (χ1v) is 12.6. The monoisotopic (exact) mass is 482 g/mol. The number of piperidine rings is 1. The van der Waals surface area contributed by atoms with Gasteiger partial charge in [0, 0.05) is 18.0 Å². The number of benzene rings is 1. The highest BCUT2D eigenvalue weighted by atomic mass is 32.1. The Labute approximate surface area is 198 Å². The van der Waals surface area contributed by atoms with Gasteiger partial charge in [0.2, 0.25) is 11.9 Å². The number of amides is 1. The Morgan fingerprint density at radius 2 is 2.00 bits per heavy atom. The van der Waals surface area contributed by atoms with Gasteiger partial charge in [-0.25, -0.2) is 9.37 Å². The van der Waals surface area contributed by atoms with Crippen molar-refractivity contribution in [3.63, 3.8) is 0 Å². The molecule has 1 aliphatic rings. The summed E-state index contributed by atoms with van der Waals surface area (Å²) in [5, 5.41) is 6.91. The predicted molar refractivity (Wildman–Crippen MR) is 130 cm³/mol. The van der Waals surface area contributed by atoms with E-state index >= 15 is 0 Å². The molecule has 4 heterocycles. The third kappa shape index (κ3) is 4.69. The molecule has 0 spiro atoms. The van der Waals surface area contributed by atoms with Crippen LogP contribution in [-0.2, 0) is 17.9 Å². The minimum Gasteiger partial charge on any atom is -0.351 e. The number of anilines is 1. The van der Waals surface area contributed by atoms with E-state index in [1.807, 2.05) is 33.9 Å². The quantitative estimate of drug-likeness (QED) is 0.446. The van der Waals surface area contributed by atoms with Crippen molar-refractivity contribution in [1.29, 1.82) is 0 Å². The average molecular weight is 483 g/mol. The molecule has 9 heteroatoms. The molecule has 3 aromatic heterocycles. The van der Waals surface area contributed by atoms with Crippen molar-refractivity contribution in [1.82, 2.24) is 14.9 Å². The second-order valence-corrected chi connectivity index (χ2v) is 10.1. The first kappa shape index (κ1) is 21.8. The second kappa shape index (κ2) is 9.44. The van der Waals surface area contributed by atoms with Gasteiger partial charge in [-0.2, -0.15) is 0 Å². The second-order valence-electron chi connectivity index (χ2n) is 8.15. The number of nitrogens with one attached hydrogen (secondary N) is 1. The van der Waals surface area contributed by atoms with Crippen LogP contribution >= 0.6 is 22.7 Å². The molecular formula is C24H23FN4O2S2. The molecule has 0 saturated carbocycles. The summed E-state index contributed by atoms with van der Waals surface area (Å²) in [4.78, 5) is 34.2. The molecule has 1 N–H and O–H groups in total. The highest BCUT2D eigenvalue weighted by Crippen LogP contribution is 2.25. The van der Waals surface area contributed by atoms with E-state index in [0.717, 1.165) is 29.8 Å². The fourth-order valence-corrected chi connectivity index (χ4v) is 5.62. The summed E-state index contributed by atoms with van der Waals surface area (Å²) < 4.78 is 15.6. The lowest BCUT2D eigenvalue weighted by molar-refractivity contribution is -0.125. The molecule has 1 atom stereocenters. The van der Waals surface area contributed by atoms with Gasteiger partial charge < -0.3 is 10.2 Å². The van der Waals surface area contributed by atoms with Gasteiger partial charge >= 0.3 is 0 Å². The molecule has 0 unspecified atom stereocenters. The molecule has 170 valence electrons. The zero-order valence-electron chi connectivity index (χ0n) is 17.9. The van der Waals surface area contributed by atoms with Gasteiger partial charge in [-0.3, -0.25) is 14.2 Å². The topological polar surface area (TPSA) is 67.2 Å². The van der Waals surface area contributed by atoms with Gasteiger partial charge in [0.05, 0.1) is 24.5 Å². The van der Waals surface area contributed by atoms with Crippen molar-refractivity contribution in [2.24, 2.45) is 5.92 Å². The van der Waals surface area contributed by atoms with E-state index in [-0.39, 0.29) is 23.2 Å². The molecule has 4 aromatic rings. The lowest BCUT2D eigenvalue weighted by Crippen LogP contribution is -2.45. The van der Waals surface area contributed by atoms with Crippen LogP contribution in [0.15, 0.2) is 58.0 Å². The van der Waals surface area contributed by atoms with Crippen molar-refractivity contribution in [3.05, 3.63) is 79.8 Å². The maximum Gasteiger partial charge on any atom is 0.273 e. The molecule has 1 amide bonds. The van der Waals surface area contributed by atoms with E-state index in [1.165, 1.54) is 23.5 Å². The summed E-state index contributed by atoms with van der Waals surface area (Å²) in [5.41, 5.74) is 1.37. The Kier molecular flexibility index (Phi) is 6.24. The fraction of sp³-hybridized carbons (Fsp3) is 0.292. The van der Waals surface area contributed by atoms with Crippen LogP contribution in [0.2, 0.25) is 0 Å². The summed E-state index contributed by atoms with van der Waals surface area (Å²) >= 11 is 2.99. The maximum absolute atomic E-state index is 13.4. The highest BCUT2D eigenvalue weighted by Gasteiger charge is 2.28. The number of hydrogen-bond donors (Lipinski definition) is 1. The highest BCUT2D eigenvalue weighted by molar-refractivity contribution is 7.17. The Bertz CT molecular complexity index is 1310. The Morgan fingerprint density at radius 1 is 1.15 bits per heavy atom. The van der Waals surface area contributed by atoms with Crippen molar-refractivity contribution in [2.75, 3.05) is 18.0 Å². The van der Waals surface area contributed by atoms with Crippen LogP contribution in [0, 0.1) is 11.7 Å². The lowest BCUT2D eigenvalue weighted by Gasteiger charge is -2.34. The summed E-state index contributed by atoms with van der Waals surface area (Å²) in [6.45, 7) is 2.05. The number of carbonyl (C=O) groups is 1. The molecule has 33 heavy (non-hydrogen) atoms. The molecule has 1 aromatic carbocycles. The standard InChI is InChI=1S/C24H23FN4O2S2/c25-18-7-5-16(6-8-18)14-29-23(31)21-20(9-12-33-21)27-24(29)28-10-1-3-17(15-28)22(30)26-13-19-4-2-11-32-19/h2,4-9,11-12,17H,1,3,10,13-15H2,(H,26,30)/t17-/m0/s1. The van der Waals surface area contributed by atoms with Crippen LogP contribution in [0.1, 0.15) is 23.3 Å². The van der Waals surface area contributed by atoms with Crippen molar-refractivity contribution >= 4 is 44.7 Å². The van der Waals surface area contributed by atoms with E-state index in [4.69, 9.17) is 4.98 Å². The van der Waals surface area contributed by atoms with Gasteiger partial charge in [-0.1, -0.05) is 18.2 Å². The Morgan fingerprint density at radius 3 is 2.79 bits per heavy atom. The Balaban J connectivity index is 1.42. The number of thiophene rings is 2. The van der Waals surface area contributed by atoms with Crippen LogP contribution in [0.25, 0.3) is 10.2 Å². The number of hydrogen-bond acceptors (Lipinski definition) is 6. The molecule has 1 fully saturated rings. The van der Waals surface area contributed by atoms with Crippen LogP contribution in [-0.4, -0.2) is 28.5 Å². The minimum absolute atomic E-state index is 0.0251. The molecule has 0 radical (unpaired) electrons. The predicted octanol–water partition coefficient (Wildman–Crippen LogP) is 4.24. The normalized spacial score (nSPS) is 16.3. The van der Waals surface area contributed by atoms with Crippen LogP contribution < -0.4 is 15.8 Å². The number of nitrogens with zero attached hydrogens (tertiary/aromatic N) is 3. The van der Waals surface area contributed by atoms with E-state index in [2.05, 4.69) is 5.32 Å². The van der Waals surface area contributed by atoms with Crippen molar-refractivity contribution in [3.8, 4) is 0 Å². The summed E-state index contributed by atoms with van der Waals surface area (Å²) in [5.74, 6) is 0.0989. The molecule has 0 bridgehead atoms. The minimum atomic E-state index is -0.314. The van der Waals surface area contributed by atoms with Crippen LogP contribution in [0.4, 0.5) is 10.3 Å². The van der Waals surface area contributed by atoms with Crippen molar-refractivity contribution in [2.45, 2.75) is 25.9 Å². The smallest absolute Gasteiger partial charge is 0.273 e. The zero-order chi connectivity index (χ0) is 22.8. The number of halogens is 1. The summed E-state index contributed by atoms with van der Waals surface area (Å²) in [6.07, 6.45) is 1.64. The number of fused-ring (bicyclic) bond motifs is 1. The summed E-state index contributed by atoms with van der Waals surface area (Å²) in [7, 11) is 0. The largest absolute Gasteiger partial charge is 0.351 e. The van der Waals surface area contributed by atoms with Gasteiger partial charge in [-0.05, 0) is 53.4 Å². The van der Waals surface area contributed by atoms with Gasteiger partial charge in [0.1, 0.15) is 10.5 Å². The first-order valence-electron chi connectivity index (χ1n) is 10.9. The molecule has 5 rings (SSSR count). The summed E-state index contributed by atoms with van der Waals surface area (Å²) in [6, 6.07) is 12.0. The van der Waals surface area contributed by atoms with Gasteiger partial charge in [0.25, 0.3) is 5.56 Å². The van der Waals surface area contributed by atoms with Gasteiger partial charge in [-0.15, -0.1) is 22.7 Å². The van der Waals surface area contributed by atoms with E-state index in [0.29, 0.717) is 35.8 Å². The molecule has 1 saturated heterocycles. The van der Waals surface area contributed by atoms with E-state index in [1.54, 1.807) is 28.0 Å². The number of rotatable bonds is 6. The lowest BCUT2D eigenvalue weighted by atomic mass is 9.97. The average Bonchev–Trinajstić information content (AvgIpc) is 3.53. The molecule has 0 aliphatic carbocycles. The molecular weight excluding hydrogens is 459 g/mol. The molecule has 6 nitrogen and oxygen atoms in total. The first-order chi connectivity index (χ1) is 16.1. The van der Waals surface area contributed by atoms with Crippen LogP contribution in [0.5, 0.6) is 0 Å². The van der Waals surface area contributed by atoms with Crippen LogP contribution in [0.3, 0.4) is 0 Å². The van der Waals surface area contributed by atoms with Crippen molar-refractivity contribution < 1.29 is 9.18 Å².